The molecule has 1 fully saturated rings. The smallest absolute Gasteiger partial charge is 0.319 e. The predicted octanol–water partition coefficient (Wildman–Crippen LogP) is 6.26. The number of benzene rings is 3. The Hall–Kier alpha value is -5.14. The number of hydrogen-bond acceptors (Lipinski definition) is 7. The molecule has 4 aromatic rings. The van der Waals surface area contributed by atoms with Gasteiger partial charge >= 0.3 is 6.03 Å². The van der Waals surface area contributed by atoms with E-state index in [1.807, 2.05) is 60.7 Å². The molecule has 2 N–H and O–H groups in total. The van der Waals surface area contributed by atoms with Gasteiger partial charge in [-0.25, -0.2) is 4.79 Å². The molecule has 1 spiro atoms. The fourth-order valence-electron chi connectivity index (χ4n) is 5.54. The van der Waals surface area contributed by atoms with Crippen LogP contribution in [0.15, 0.2) is 78.9 Å². The number of fused-ring (bicyclic) bond motifs is 1. The molecular formula is C34H30N4O5S. The summed E-state index contributed by atoms with van der Waals surface area (Å²) >= 11 is 1.33. The van der Waals surface area contributed by atoms with E-state index in [1.165, 1.54) is 18.4 Å². The van der Waals surface area contributed by atoms with Crippen molar-refractivity contribution in [2.24, 2.45) is 0 Å². The van der Waals surface area contributed by atoms with Crippen LogP contribution in [0.1, 0.15) is 51.1 Å². The molecule has 222 valence electrons. The number of rotatable bonds is 6. The normalized spacial score (nSPS) is 15.1. The summed E-state index contributed by atoms with van der Waals surface area (Å²) in [7, 11) is 1.52. The van der Waals surface area contributed by atoms with Crippen molar-refractivity contribution < 1.29 is 23.9 Å². The fourth-order valence-corrected chi connectivity index (χ4v) is 6.59. The van der Waals surface area contributed by atoms with Crippen LogP contribution in [0.3, 0.4) is 0 Å². The number of thiophene rings is 1. The first-order valence-electron chi connectivity index (χ1n) is 14.3. The monoisotopic (exact) mass is 606 g/mol. The van der Waals surface area contributed by atoms with Gasteiger partial charge in [-0.3, -0.25) is 14.9 Å². The molecule has 0 aliphatic carbocycles. The van der Waals surface area contributed by atoms with Gasteiger partial charge in [-0.2, -0.15) is 5.26 Å². The Labute approximate surface area is 259 Å². The van der Waals surface area contributed by atoms with E-state index in [-0.39, 0.29) is 18.1 Å². The molecule has 6 rings (SSSR count). The largest absolute Gasteiger partial charge is 0.489 e. The van der Waals surface area contributed by atoms with E-state index in [4.69, 9.17) is 9.47 Å². The molecule has 0 bridgehead atoms. The van der Waals surface area contributed by atoms with Crippen molar-refractivity contribution in [1.82, 2.24) is 10.2 Å². The van der Waals surface area contributed by atoms with Crippen LogP contribution in [0.25, 0.3) is 10.4 Å². The number of amides is 3. The topological polar surface area (TPSA) is 121 Å². The maximum atomic E-state index is 13.8. The highest BCUT2D eigenvalue weighted by Gasteiger charge is 2.44. The summed E-state index contributed by atoms with van der Waals surface area (Å²) in [5, 5.41) is 15.0. The molecule has 0 saturated carbocycles. The number of ether oxygens (including phenoxy) is 2. The zero-order valence-corrected chi connectivity index (χ0v) is 24.9. The van der Waals surface area contributed by atoms with Gasteiger partial charge in [-0.05, 0) is 59.7 Å². The summed E-state index contributed by atoms with van der Waals surface area (Å²) in [6.45, 7) is 1.26. The number of likely N-dealkylation sites (tertiary alicyclic amines) is 1. The van der Waals surface area contributed by atoms with Gasteiger partial charge in [0.05, 0.1) is 29.2 Å². The van der Waals surface area contributed by atoms with Crippen LogP contribution in [0, 0.1) is 11.3 Å². The first-order chi connectivity index (χ1) is 21.4. The summed E-state index contributed by atoms with van der Waals surface area (Å²) in [4.78, 5) is 41.6. The van der Waals surface area contributed by atoms with Gasteiger partial charge in [0.15, 0.2) is 5.78 Å². The van der Waals surface area contributed by atoms with Crippen molar-refractivity contribution >= 4 is 34.1 Å². The number of hydrogen-bond donors (Lipinski definition) is 2. The highest BCUT2D eigenvalue weighted by Crippen LogP contribution is 2.41. The van der Waals surface area contributed by atoms with Crippen LogP contribution >= 0.6 is 11.3 Å². The van der Waals surface area contributed by atoms with Crippen molar-refractivity contribution in [3.8, 4) is 28.0 Å². The minimum Gasteiger partial charge on any atom is -0.489 e. The van der Waals surface area contributed by atoms with Crippen molar-refractivity contribution in [2.75, 3.05) is 25.5 Å². The molecule has 2 aliphatic heterocycles. The average Bonchev–Trinajstić information content (AvgIpc) is 3.48. The highest BCUT2D eigenvalue weighted by atomic mass is 32.1. The Morgan fingerprint density at radius 1 is 1.05 bits per heavy atom. The Bertz CT molecular complexity index is 1750. The standard InChI is InChI=1S/C34H30N4O5S/c1-36-33(41)37-31-27(18-30(44-31)24-8-10-25(11-9-24)42-21-22-5-3-2-4-6-22)32(40)38-15-13-34(14-16-38)19-28(39)26-17-23(20-35)7-12-29(26)43-34/h2-12,17-18H,13-16,19,21H2,1H3,(H2,36,37,41). The summed E-state index contributed by atoms with van der Waals surface area (Å²) < 4.78 is 12.2. The molecule has 0 atom stereocenters. The number of anilines is 1. The van der Waals surface area contributed by atoms with E-state index < -0.39 is 11.6 Å². The molecule has 2 aliphatic rings. The maximum absolute atomic E-state index is 13.8. The van der Waals surface area contributed by atoms with Crippen LogP contribution < -0.4 is 20.1 Å². The van der Waals surface area contributed by atoms with Gasteiger partial charge in [-0.15, -0.1) is 11.3 Å². The summed E-state index contributed by atoms with van der Waals surface area (Å²) in [5.74, 6) is 0.959. The number of nitrogens with zero attached hydrogens (tertiary/aromatic N) is 2. The zero-order valence-electron chi connectivity index (χ0n) is 24.1. The average molecular weight is 607 g/mol. The molecule has 1 aromatic heterocycles. The number of carbonyl (C=O) groups is 3. The molecule has 3 heterocycles. The molecule has 0 radical (unpaired) electrons. The number of carbonyl (C=O) groups excluding carboxylic acids is 3. The van der Waals surface area contributed by atoms with Crippen LogP contribution in [-0.2, 0) is 6.61 Å². The Balaban J connectivity index is 1.17. The van der Waals surface area contributed by atoms with E-state index in [2.05, 4.69) is 16.7 Å². The lowest BCUT2D eigenvalue weighted by Crippen LogP contribution is -2.52. The van der Waals surface area contributed by atoms with E-state index in [0.717, 1.165) is 21.8 Å². The third-order valence-electron chi connectivity index (χ3n) is 7.98. The second-order valence-corrected chi connectivity index (χ2v) is 11.9. The molecule has 3 aromatic carbocycles. The molecule has 0 unspecified atom stereocenters. The first kappa shape index (κ1) is 29.0. The van der Waals surface area contributed by atoms with Gasteiger partial charge in [-0.1, -0.05) is 30.3 Å². The maximum Gasteiger partial charge on any atom is 0.319 e. The molecule has 10 heteroatoms. The van der Waals surface area contributed by atoms with Crippen LogP contribution in [0.4, 0.5) is 9.80 Å². The van der Waals surface area contributed by atoms with Crippen molar-refractivity contribution in [2.45, 2.75) is 31.5 Å². The number of nitriles is 1. The second kappa shape index (κ2) is 12.2. The third kappa shape index (κ3) is 6.00. The first-order valence-corrected chi connectivity index (χ1v) is 15.1. The lowest BCUT2D eigenvalue weighted by molar-refractivity contribution is -0.00567. The van der Waals surface area contributed by atoms with Gasteiger partial charge < -0.3 is 19.7 Å². The highest BCUT2D eigenvalue weighted by molar-refractivity contribution is 7.20. The minimum atomic E-state index is -0.692. The fraction of sp³-hybridized carbons (Fsp3) is 0.235. The minimum absolute atomic E-state index is 0.0563. The lowest BCUT2D eigenvalue weighted by Gasteiger charge is -2.44. The summed E-state index contributed by atoms with van der Waals surface area (Å²) in [6.07, 6.45) is 1.18. The quantitative estimate of drug-likeness (QED) is 0.267. The SMILES string of the molecule is CNC(=O)Nc1sc(-c2ccc(OCc3ccccc3)cc2)cc1C(=O)N1CCC2(CC1)CC(=O)c1cc(C#N)ccc1O2. The summed E-state index contributed by atoms with van der Waals surface area (Å²) in [5.41, 5.74) is 2.53. The number of piperidine rings is 1. The molecule has 9 nitrogen and oxygen atoms in total. The zero-order chi connectivity index (χ0) is 30.7. The molecular weight excluding hydrogens is 576 g/mol. The summed E-state index contributed by atoms with van der Waals surface area (Å²) in [6, 6.07) is 25.9. The van der Waals surface area contributed by atoms with Gasteiger partial charge in [0.2, 0.25) is 0 Å². The molecule has 1 saturated heterocycles. The van der Waals surface area contributed by atoms with E-state index in [1.54, 1.807) is 23.1 Å². The Kier molecular flexibility index (Phi) is 8.05. The predicted molar refractivity (Wildman–Crippen MR) is 167 cm³/mol. The number of ketones is 1. The Morgan fingerprint density at radius 3 is 2.50 bits per heavy atom. The van der Waals surface area contributed by atoms with Gasteiger partial charge in [0.1, 0.15) is 28.7 Å². The second-order valence-electron chi connectivity index (χ2n) is 10.9. The van der Waals surface area contributed by atoms with E-state index in [9.17, 15) is 19.6 Å². The number of nitrogens with one attached hydrogen (secondary N) is 2. The third-order valence-corrected chi connectivity index (χ3v) is 9.08. The van der Waals surface area contributed by atoms with Crippen LogP contribution in [0.2, 0.25) is 0 Å². The van der Waals surface area contributed by atoms with Crippen LogP contribution in [-0.4, -0.2) is 48.4 Å². The lowest BCUT2D eigenvalue weighted by atomic mass is 9.82. The van der Waals surface area contributed by atoms with Crippen molar-refractivity contribution in [1.29, 1.82) is 5.26 Å². The van der Waals surface area contributed by atoms with Crippen molar-refractivity contribution in [3.05, 3.63) is 101 Å². The Morgan fingerprint density at radius 2 is 1.80 bits per heavy atom. The van der Waals surface area contributed by atoms with Gasteiger partial charge in [0, 0.05) is 37.9 Å². The molecule has 3 amide bonds. The van der Waals surface area contributed by atoms with Crippen molar-refractivity contribution in [3.63, 3.8) is 0 Å². The molecule has 44 heavy (non-hydrogen) atoms. The van der Waals surface area contributed by atoms with E-state index >= 15 is 0 Å². The van der Waals surface area contributed by atoms with Gasteiger partial charge in [0.25, 0.3) is 5.91 Å². The number of urea groups is 1. The van der Waals surface area contributed by atoms with Crippen LogP contribution in [0.5, 0.6) is 11.5 Å². The number of Topliss-reactive ketones (excluding diaryl/α,β-unsaturated/α-hetero) is 1. The van der Waals surface area contributed by atoms with E-state index in [0.29, 0.717) is 60.0 Å².